The summed E-state index contributed by atoms with van der Waals surface area (Å²) in [6.45, 7) is 8.87. The van der Waals surface area contributed by atoms with Crippen LogP contribution in [-0.4, -0.2) is 22.7 Å². The molecule has 20 heavy (non-hydrogen) atoms. The molecule has 0 saturated heterocycles. The van der Waals surface area contributed by atoms with Crippen LogP contribution < -0.4 is 5.32 Å². The van der Waals surface area contributed by atoms with Gasteiger partial charge in [0.25, 0.3) is 0 Å². The Morgan fingerprint density at radius 2 is 1.45 bits per heavy atom. The molecule has 0 bridgehead atoms. The van der Waals surface area contributed by atoms with Crippen molar-refractivity contribution in [2.75, 3.05) is 0 Å². The number of hydrogen-bond acceptors (Lipinski definition) is 2. The minimum Gasteiger partial charge on any atom is -0.480 e. The van der Waals surface area contributed by atoms with Gasteiger partial charge in [0.05, 0.1) is 0 Å². The molecule has 2 rings (SSSR count). The lowest BCUT2D eigenvalue weighted by Gasteiger charge is -2.51. The van der Waals surface area contributed by atoms with E-state index in [0.29, 0.717) is 6.04 Å². The molecule has 0 spiro atoms. The number of aliphatic carboxylic acids is 1. The summed E-state index contributed by atoms with van der Waals surface area (Å²) in [4.78, 5) is 12.1. The standard InChI is InChI=1S/C17H31NO2/c1-15(2)10-16(3,4)12-17(11-15,14(19)20)18-13-8-6-5-7-9-13/h13,18H,5-12H2,1-4H3,(H,19,20). The molecule has 3 heteroatoms. The first-order valence-electron chi connectivity index (χ1n) is 8.15. The molecule has 2 aliphatic rings. The third-order valence-corrected chi connectivity index (χ3v) is 5.01. The zero-order valence-electron chi connectivity index (χ0n) is 13.6. The predicted molar refractivity (Wildman–Crippen MR) is 81.8 cm³/mol. The lowest BCUT2D eigenvalue weighted by molar-refractivity contribution is -0.152. The van der Waals surface area contributed by atoms with E-state index < -0.39 is 11.5 Å². The van der Waals surface area contributed by atoms with Gasteiger partial charge in [-0.15, -0.1) is 0 Å². The zero-order chi connectivity index (χ0) is 15.0. The molecule has 0 aromatic rings. The normalized spacial score (nSPS) is 29.0. The summed E-state index contributed by atoms with van der Waals surface area (Å²) in [5.41, 5.74) is -0.559. The van der Waals surface area contributed by atoms with Crippen molar-refractivity contribution in [3.8, 4) is 0 Å². The van der Waals surface area contributed by atoms with Crippen molar-refractivity contribution in [2.24, 2.45) is 10.8 Å². The van der Waals surface area contributed by atoms with Crippen LogP contribution in [0.5, 0.6) is 0 Å². The summed E-state index contributed by atoms with van der Waals surface area (Å²) in [7, 11) is 0. The molecule has 2 saturated carbocycles. The van der Waals surface area contributed by atoms with Gasteiger partial charge < -0.3 is 5.11 Å². The van der Waals surface area contributed by atoms with Crippen LogP contribution in [0, 0.1) is 10.8 Å². The monoisotopic (exact) mass is 281 g/mol. The van der Waals surface area contributed by atoms with E-state index in [2.05, 4.69) is 33.0 Å². The Morgan fingerprint density at radius 1 is 0.950 bits per heavy atom. The number of carboxylic acids is 1. The summed E-state index contributed by atoms with van der Waals surface area (Å²) in [6, 6.07) is 0.393. The second-order valence-electron chi connectivity index (χ2n) is 8.73. The van der Waals surface area contributed by atoms with E-state index >= 15 is 0 Å². The molecule has 0 amide bonds. The molecule has 0 radical (unpaired) electrons. The van der Waals surface area contributed by atoms with E-state index in [-0.39, 0.29) is 10.8 Å². The van der Waals surface area contributed by atoms with Gasteiger partial charge in [-0.25, -0.2) is 0 Å². The Kier molecular flexibility index (Phi) is 4.21. The molecule has 0 heterocycles. The molecule has 2 fully saturated rings. The van der Waals surface area contributed by atoms with Crippen LogP contribution in [0.25, 0.3) is 0 Å². The molecule has 0 aromatic heterocycles. The van der Waals surface area contributed by atoms with Crippen molar-refractivity contribution in [2.45, 2.75) is 90.6 Å². The van der Waals surface area contributed by atoms with Gasteiger partial charge in [0.2, 0.25) is 0 Å². The van der Waals surface area contributed by atoms with E-state index in [1.807, 2.05) is 0 Å². The predicted octanol–water partition coefficient (Wildman–Crippen LogP) is 3.97. The lowest BCUT2D eigenvalue weighted by Crippen LogP contribution is -2.62. The van der Waals surface area contributed by atoms with Crippen molar-refractivity contribution >= 4 is 5.97 Å². The van der Waals surface area contributed by atoms with Gasteiger partial charge in [0.15, 0.2) is 0 Å². The number of carbonyl (C=O) groups is 1. The third-order valence-electron chi connectivity index (χ3n) is 5.01. The van der Waals surface area contributed by atoms with Gasteiger partial charge in [-0.05, 0) is 42.9 Å². The first kappa shape index (κ1) is 15.8. The van der Waals surface area contributed by atoms with Crippen LogP contribution in [0.2, 0.25) is 0 Å². The average molecular weight is 281 g/mol. The van der Waals surface area contributed by atoms with Crippen LogP contribution in [0.1, 0.15) is 79.1 Å². The van der Waals surface area contributed by atoms with Gasteiger partial charge in [-0.2, -0.15) is 0 Å². The molecule has 0 unspecified atom stereocenters. The summed E-state index contributed by atoms with van der Waals surface area (Å²) in [5.74, 6) is -0.649. The molecule has 116 valence electrons. The van der Waals surface area contributed by atoms with Crippen molar-refractivity contribution in [1.82, 2.24) is 5.32 Å². The van der Waals surface area contributed by atoms with E-state index in [0.717, 1.165) is 32.1 Å². The second-order valence-corrected chi connectivity index (χ2v) is 8.73. The smallest absolute Gasteiger partial charge is 0.323 e. The molecular formula is C17H31NO2. The van der Waals surface area contributed by atoms with Crippen LogP contribution in [0.15, 0.2) is 0 Å². The molecule has 3 nitrogen and oxygen atoms in total. The molecule has 2 N–H and O–H groups in total. The molecule has 0 aromatic carbocycles. The highest BCUT2D eigenvalue weighted by atomic mass is 16.4. The summed E-state index contributed by atoms with van der Waals surface area (Å²) in [5, 5.41) is 13.5. The van der Waals surface area contributed by atoms with Crippen molar-refractivity contribution in [3.05, 3.63) is 0 Å². The Labute approximate surface area is 123 Å². The van der Waals surface area contributed by atoms with Gasteiger partial charge >= 0.3 is 5.97 Å². The molecule has 0 atom stereocenters. The molecular weight excluding hydrogens is 250 g/mol. The number of hydrogen-bond donors (Lipinski definition) is 2. The first-order chi connectivity index (χ1) is 9.14. The van der Waals surface area contributed by atoms with Crippen LogP contribution in [-0.2, 0) is 4.79 Å². The van der Waals surface area contributed by atoms with Crippen molar-refractivity contribution in [3.63, 3.8) is 0 Å². The summed E-state index contributed by atoms with van der Waals surface area (Å²) >= 11 is 0. The molecule has 0 aliphatic heterocycles. The summed E-state index contributed by atoms with van der Waals surface area (Å²) < 4.78 is 0. The minimum absolute atomic E-state index is 0.0851. The largest absolute Gasteiger partial charge is 0.480 e. The Morgan fingerprint density at radius 3 is 1.90 bits per heavy atom. The number of carboxylic acid groups (broad SMARTS) is 1. The van der Waals surface area contributed by atoms with Crippen molar-refractivity contribution < 1.29 is 9.90 Å². The fourth-order valence-corrected chi connectivity index (χ4v) is 5.07. The van der Waals surface area contributed by atoms with Gasteiger partial charge in [0.1, 0.15) is 5.54 Å². The Bertz CT molecular complexity index is 351. The first-order valence-corrected chi connectivity index (χ1v) is 8.15. The lowest BCUT2D eigenvalue weighted by atomic mass is 9.58. The van der Waals surface area contributed by atoms with Crippen LogP contribution in [0.3, 0.4) is 0 Å². The third kappa shape index (κ3) is 3.55. The van der Waals surface area contributed by atoms with Gasteiger partial charge in [-0.3, -0.25) is 10.1 Å². The second kappa shape index (κ2) is 5.32. The highest BCUT2D eigenvalue weighted by Crippen LogP contribution is 2.50. The number of nitrogens with one attached hydrogen (secondary N) is 1. The van der Waals surface area contributed by atoms with Gasteiger partial charge in [-0.1, -0.05) is 47.0 Å². The molecule has 2 aliphatic carbocycles. The maximum Gasteiger partial charge on any atom is 0.323 e. The zero-order valence-corrected chi connectivity index (χ0v) is 13.6. The average Bonchev–Trinajstić information content (AvgIpc) is 2.25. The topological polar surface area (TPSA) is 49.3 Å². The van der Waals surface area contributed by atoms with E-state index in [1.54, 1.807) is 0 Å². The van der Waals surface area contributed by atoms with Gasteiger partial charge in [0, 0.05) is 6.04 Å². The highest BCUT2D eigenvalue weighted by molar-refractivity contribution is 5.79. The fraction of sp³-hybridized carbons (Fsp3) is 0.941. The highest BCUT2D eigenvalue weighted by Gasteiger charge is 2.52. The van der Waals surface area contributed by atoms with E-state index in [1.165, 1.54) is 19.3 Å². The van der Waals surface area contributed by atoms with E-state index in [4.69, 9.17) is 0 Å². The quantitative estimate of drug-likeness (QED) is 0.823. The minimum atomic E-state index is -0.729. The van der Waals surface area contributed by atoms with Crippen LogP contribution >= 0.6 is 0 Å². The fourth-order valence-electron chi connectivity index (χ4n) is 5.07. The van der Waals surface area contributed by atoms with Crippen LogP contribution in [0.4, 0.5) is 0 Å². The SMILES string of the molecule is CC1(C)CC(C)(C)CC(NC2CCCCC2)(C(=O)O)C1. The maximum atomic E-state index is 12.1. The summed E-state index contributed by atoms with van der Waals surface area (Å²) in [6.07, 6.45) is 8.63. The Balaban J connectivity index is 2.21. The van der Waals surface area contributed by atoms with E-state index in [9.17, 15) is 9.90 Å². The Hall–Kier alpha value is -0.570. The number of rotatable bonds is 3. The maximum absolute atomic E-state index is 12.1. The van der Waals surface area contributed by atoms with Crippen molar-refractivity contribution in [1.29, 1.82) is 0 Å².